The van der Waals surface area contributed by atoms with Crippen LogP contribution in [0.15, 0.2) is 36.4 Å². The smallest absolute Gasteiger partial charge is 0.311 e. The highest BCUT2D eigenvalue weighted by Gasteiger charge is 2.28. The summed E-state index contributed by atoms with van der Waals surface area (Å²) in [7, 11) is 0. The van der Waals surface area contributed by atoms with Crippen molar-refractivity contribution in [3.8, 4) is 0 Å². The molecule has 0 aliphatic carbocycles. The molecular formula is C31H43N3O7. The number of nitrogens with zero attached hydrogens (tertiary/aromatic N) is 1. The van der Waals surface area contributed by atoms with Gasteiger partial charge >= 0.3 is 5.97 Å². The number of imide groups is 1. The summed E-state index contributed by atoms with van der Waals surface area (Å²) in [6.45, 7) is 11.1. The van der Waals surface area contributed by atoms with E-state index in [-0.39, 0.29) is 60.7 Å². The molecule has 0 bridgehead atoms. The molecule has 41 heavy (non-hydrogen) atoms. The van der Waals surface area contributed by atoms with E-state index < -0.39 is 17.4 Å². The third-order valence-corrected chi connectivity index (χ3v) is 6.67. The first-order valence-corrected chi connectivity index (χ1v) is 14.1. The van der Waals surface area contributed by atoms with Gasteiger partial charge in [-0.15, -0.1) is 0 Å². The molecule has 224 valence electrons. The Hall–Kier alpha value is -3.82. The van der Waals surface area contributed by atoms with Gasteiger partial charge in [0.05, 0.1) is 11.5 Å². The van der Waals surface area contributed by atoms with Crippen LogP contribution in [0.3, 0.4) is 0 Å². The van der Waals surface area contributed by atoms with Crippen LogP contribution in [0.5, 0.6) is 0 Å². The fraction of sp³-hybridized carbons (Fsp3) is 0.548. The number of esters is 1. The van der Waals surface area contributed by atoms with Crippen LogP contribution >= 0.6 is 0 Å². The SMILES string of the molecule is CC(C)[C@@H](NC(=O)CCCCCN1C(=O)C=CC1=O)C(=O)C[C@H](C)C(=O)Nc1ccc(COC(=O)C(C)(C)C)cc1. The van der Waals surface area contributed by atoms with Crippen LogP contribution in [0.25, 0.3) is 0 Å². The molecule has 0 aromatic heterocycles. The normalized spacial score (nSPS) is 14.7. The number of ether oxygens (including phenoxy) is 1. The summed E-state index contributed by atoms with van der Waals surface area (Å²) in [4.78, 5) is 74.5. The predicted molar refractivity (Wildman–Crippen MR) is 154 cm³/mol. The molecule has 1 aromatic rings. The topological polar surface area (TPSA) is 139 Å². The number of hydrogen-bond acceptors (Lipinski definition) is 7. The highest BCUT2D eigenvalue weighted by atomic mass is 16.5. The molecule has 2 rings (SSSR count). The van der Waals surface area contributed by atoms with Crippen LogP contribution < -0.4 is 10.6 Å². The first-order chi connectivity index (χ1) is 19.2. The van der Waals surface area contributed by atoms with E-state index in [1.165, 1.54) is 17.1 Å². The Bertz CT molecular complexity index is 1130. The molecule has 1 aliphatic heterocycles. The molecule has 0 saturated heterocycles. The first kappa shape index (κ1) is 33.4. The standard InChI is InChI=1S/C31H43N3O7/c1-20(2)28(33-25(36)10-8-7-9-17-34-26(37)15-16-27(34)38)24(35)18-21(3)29(39)32-23-13-11-22(12-14-23)19-41-30(40)31(4,5)6/h11-16,20-21,28H,7-10,17-19H2,1-6H3,(H,32,39)(H,33,36)/t21-,28+/m0/s1. The minimum atomic E-state index is -0.709. The molecule has 1 heterocycles. The molecule has 0 radical (unpaired) electrons. The Kier molecular flexibility index (Phi) is 12.4. The number of unbranched alkanes of at least 4 members (excludes halogenated alkanes) is 2. The Labute approximate surface area is 242 Å². The lowest BCUT2D eigenvalue weighted by atomic mass is 9.92. The minimum absolute atomic E-state index is 0.0261. The number of anilines is 1. The maximum Gasteiger partial charge on any atom is 0.311 e. The van der Waals surface area contributed by atoms with E-state index in [0.29, 0.717) is 31.5 Å². The number of carbonyl (C=O) groups is 6. The third-order valence-electron chi connectivity index (χ3n) is 6.67. The second-order valence-electron chi connectivity index (χ2n) is 11.8. The lowest BCUT2D eigenvalue weighted by Crippen LogP contribution is -2.45. The molecule has 10 nitrogen and oxygen atoms in total. The summed E-state index contributed by atoms with van der Waals surface area (Å²) >= 11 is 0. The number of benzene rings is 1. The van der Waals surface area contributed by atoms with Crippen LogP contribution in [0, 0.1) is 17.3 Å². The van der Waals surface area contributed by atoms with E-state index in [2.05, 4.69) is 10.6 Å². The number of carbonyl (C=O) groups excluding carboxylic acids is 6. The summed E-state index contributed by atoms with van der Waals surface area (Å²) in [5.74, 6) is -2.48. The van der Waals surface area contributed by atoms with Crippen molar-refractivity contribution in [2.45, 2.75) is 86.3 Å². The zero-order valence-corrected chi connectivity index (χ0v) is 25.0. The van der Waals surface area contributed by atoms with E-state index in [9.17, 15) is 28.8 Å². The van der Waals surface area contributed by atoms with Crippen molar-refractivity contribution >= 4 is 41.1 Å². The van der Waals surface area contributed by atoms with E-state index in [1.807, 2.05) is 13.8 Å². The van der Waals surface area contributed by atoms with Crippen molar-refractivity contribution in [2.24, 2.45) is 17.3 Å². The lowest BCUT2D eigenvalue weighted by Gasteiger charge is -2.23. The zero-order chi connectivity index (χ0) is 30.7. The Morgan fingerprint density at radius 3 is 2.07 bits per heavy atom. The maximum absolute atomic E-state index is 13.0. The largest absolute Gasteiger partial charge is 0.460 e. The van der Waals surface area contributed by atoms with Gasteiger partial charge in [0, 0.05) is 43.1 Å². The van der Waals surface area contributed by atoms with Gasteiger partial charge in [0.25, 0.3) is 11.8 Å². The average Bonchev–Trinajstić information content (AvgIpc) is 3.22. The maximum atomic E-state index is 13.0. The van der Waals surface area contributed by atoms with Gasteiger partial charge in [-0.25, -0.2) is 0 Å². The fourth-order valence-corrected chi connectivity index (χ4v) is 4.08. The summed E-state index contributed by atoms with van der Waals surface area (Å²) in [6.07, 6.45) is 4.50. The molecule has 0 spiro atoms. The fourth-order valence-electron chi connectivity index (χ4n) is 4.08. The van der Waals surface area contributed by atoms with E-state index >= 15 is 0 Å². The molecule has 4 amide bonds. The Morgan fingerprint density at radius 2 is 1.51 bits per heavy atom. The van der Waals surface area contributed by atoms with E-state index in [1.54, 1.807) is 52.0 Å². The summed E-state index contributed by atoms with van der Waals surface area (Å²) in [5, 5.41) is 5.61. The number of ketones is 1. The molecule has 2 N–H and O–H groups in total. The van der Waals surface area contributed by atoms with Crippen LogP contribution in [0.4, 0.5) is 5.69 Å². The molecule has 0 fully saturated rings. The van der Waals surface area contributed by atoms with Crippen molar-refractivity contribution in [1.29, 1.82) is 0 Å². The van der Waals surface area contributed by atoms with Gasteiger partial charge < -0.3 is 15.4 Å². The van der Waals surface area contributed by atoms with Crippen LogP contribution in [-0.2, 0) is 40.1 Å². The predicted octanol–water partition coefficient (Wildman–Crippen LogP) is 3.94. The van der Waals surface area contributed by atoms with Gasteiger partial charge in [-0.2, -0.15) is 0 Å². The second kappa shape index (κ2) is 15.3. The van der Waals surface area contributed by atoms with E-state index in [0.717, 1.165) is 5.56 Å². The van der Waals surface area contributed by atoms with E-state index in [4.69, 9.17) is 4.74 Å². The number of amides is 4. The van der Waals surface area contributed by atoms with Crippen molar-refractivity contribution in [3.63, 3.8) is 0 Å². The van der Waals surface area contributed by atoms with Gasteiger partial charge in [0.2, 0.25) is 11.8 Å². The third kappa shape index (κ3) is 10.9. The Balaban J connectivity index is 1.76. The highest BCUT2D eigenvalue weighted by molar-refractivity contribution is 6.12. The molecule has 1 aliphatic rings. The minimum Gasteiger partial charge on any atom is -0.460 e. The monoisotopic (exact) mass is 569 g/mol. The number of Topliss-reactive ketones (excluding diaryl/α,β-unsaturated/α-hetero) is 1. The first-order valence-electron chi connectivity index (χ1n) is 14.1. The summed E-state index contributed by atoms with van der Waals surface area (Å²) in [5.41, 5.74) is 0.758. The van der Waals surface area contributed by atoms with Gasteiger partial charge in [0.15, 0.2) is 5.78 Å². The van der Waals surface area contributed by atoms with Gasteiger partial charge in [-0.3, -0.25) is 33.7 Å². The molecule has 10 heteroatoms. The second-order valence-corrected chi connectivity index (χ2v) is 11.8. The molecular weight excluding hydrogens is 526 g/mol. The van der Waals surface area contributed by atoms with Crippen molar-refractivity contribution in [3.05, 3.63) is 42.0 Å². The molecule has 0 unspecified atom stereocenters. The van der Waals surface area contributed by atoms with Crippen LogP contribution in [-0.4, -0.2) is 52.9 Å². The summed E-state index contributed by atoms with van der Waals surface area (Å²) < 4.78 is 5.30. The number of nitrogens with one attached hydrogen (secondary N) is 2. The number of rotatable bonds is 15. The van der Waals surface area contributed by atoms with Crippen LogP contribution in [0.1, 0.15) is 79.2 Å². The summed E-state index contributed by atoms with van der Waals surface area (Å²) in [6, 6.07) is 6.23. The zero-order valence-electron chi connectivity index (χ0n) is 25.0. The average molecular weight is 570 g/mol. The molecule has 2 atom stereocenters. The van der Waals surface area contributed by atoms with Gasteiger partial charge in [0.1, 0.15) is 6.61 Å². The Morgan fingerprint density at radius 1 is 0.902 bits per heavy atom. The van der Waals surface area contributed by atoms with Crippen molar-refractivity contribution in [2.75, 3.05) is 11.9 Å². The van der Waals surface area contributed by atoms with Crippen molar-refractivity contribution in [1.82, 2.24) is 10.2 Å². The highest BCUT2D eigenvalue weighted by Crippen LogP contribution is 2.18. The van der Waals surface area contributed by atoms with Crippen LogP contribution in [0.2, 0.25) is 0 Å². The van der Waals surface area contributed by atoms with Gasteiger partial charge in [-0.05, 0) is 57.2 Å². The number of hydrogen-bond donors (Lipinski definition) is 2. The molecule has 0 saturated carbocycles. The van der Waals surface area contributed by atoms with Crippen molar-refractivity contribution < 1.29 is 33.5 Å². The van der Waals surface area contributed by atoms with Gasteiger partial charge in [-0.1, -0.05) is 39.3 Å². The quantitative estimate of drug-likeness (QED) is 0.185. The lowest BCUT2D eigenvalue weighted by molar-refractivity contribution is -0.154. The molecule has 1 aromatic carbocycles.